The predicted octanol–water partition coefficient (Wildman–Crippen LogP) is -0.717. The van der Waals surface area contributed by atoms with E-state index in [2.05, 4.69) is 0 Å². The van der Waals surface area contributed by atoms with Gasteiger partial charge in [-0.05, 0) is 11.8 Å². The zero-order chi connectivity index (χ0) is 10.3. The standard InChI is InChI=1S/C7H16N2O3S/c1-7(2)3-6(4-10)9(5-7)13(8,11)12/h6,10H,3-5H2,1-2H3,(H2,8,11,12). The van der Waals surface area contributed by atoms with Crippen molar-refractivity contribution in [3.8, 4) is 0 Å². The number of rotatable bonds is 2. The summed E-state index contributed by atoms with van der Waals surface area (Å²) in [5, 5.41) is 14.0. The van der Waals surface area contributed by atoms with Crippen LogP contribution in [0.15, 0.2) is 0 Å². The molecule has 1 aliphatic rings. The van der Waals surface area contributed by atoms with Gasteiger partial charge in [0.15, 0.2) is 0 Å². The topological polar surface area (TPSA) is 83.6 Å². The minimum absolute atomic E-state index is 0.0974. The Labute approximate surface area is 78.7 Å². The van der Waals surface area contributed by atoms with E-state index in [1.807, 2.05) is 13.8 Å². The molecule has 0 aromatic heterocycles. The molecule has 0 aromatic rings. The van der Waals surface area contributed by atoms with Gasteiger partial charge in [-0.15, -0.1) is 0 Å². The Morgan fingerprint density at radius 3 is 2.46 bits per heavy atom. The summed E-state index contributed by atoms with van der Waals surface area (Å²) in [6.07, 6.45) is 0.653. The van der Waals surface area contributed by atoms with Crippen LogP contribution in [0, 0.1) is 5.41 Å². The molecule has 13 heavy (non-hydrogen) atoms. The highest BCUT2D eigenvalue weighted by Gasteiger charge is 2.41. The summed E-state index contributed by atoms with van der Waals surface area (Å²) in [5.41, 5.74) is -0.0974. The lowest BCUT2D eigenvalue weighted by Gasteiger charge is -2.19. The van der Waals surface area contributed by atoms with Gasteiger partial charge in [0.2, 0.25) is 0 Å². The Morgan fingerprint density at radius 1 is 1.62 bits per heavy atom. The molecule has 1 atom stereocenters. The molecule has 5 nitrogen and oxygen atoms in total. The number of hydrogen-bond acceptors (Lipinski definition) is 3. The summed E-state index contributed by atoms with van der Waals surface area (Å²) < 4.78 is 23.3. The van der Waals surface area contributed by atoms with Crippen LogP contribution in [-0.4, -0.2) is 37.0 Å². The van der Waals surface area contributed by atoms with Crippen LogP contribution in [0.25, 0.3) is 0 Å². The van der Waals surface area contributed by atoms with Gasteiger partial charge in [-0.1, -0.05) is 13.8 Å². The smallest absolute Gasteiger partial charge is 0.277 e. The first kappa shape index (κ1) is 10.9. The van der Waals surface area contributed by atoms with Crippen molar-refractivity contribution in [1.29, 1.82) is 0 Å². The van der Waals surface area contributed by atoms with Crippen LogP contribution in [0.3, 0.4) is 0 Å². The Bertz CT molecular complexity index is 286. The largest absolute Gasteiger partial charge is 0.395 e. The molecule has 1 saturated heterocycles. The van der Waals surface area contributed by atoms with Crippen molar-refractivity contribution in [2.75, 3.05) is 13.2 Å². The fourth-order valence-corrected chi connectivity index (χ4v) is 2.89. The maximum atomic E-state index is 11.1. The summed E-state index contributed by atoms with van der Waals surface area (Å²) in [6, 6.07) is -0.356. The molecule has 0 amide bonds. The minimum Gasteiger partial charge on any atom is -0.395 e. The summed E-state index contributed by atoms with van der Waals surface area (Å²) >= 11 is 0. The van der Waals surface area contributed by atoms with E-state index in [1.54, 1.807) is 0 Å². The van der Waals surface area contributed by atoms with E-state index in [0.29, 0.717) is 13.0 Å². The molecule has 6 heteroatoms. The summed E-state index contributed by atoms with van der Waals surface area (Å²) in [6.45, 7) is 4.14. The molecule has 1 heterocycles. The average Bonchev–Trinajstić information content (AvgIpc) is 2.24. The quantitative estimate of drug-likeness (QED) is 0.628. The predicted molar refractivity (Wildman–Crippen MR) is 49.1 cm³/mol. The first-order valence-electron chi connectivity index (χ1n) is 4.17. The maximum absolute atomic E-state index is 11.1. The van der Waals surface area contributed by atoms with Crippen molar-refractivity contribution in [3.63, 3.8) is 0 Å². The monoisotopic (exact) mass is 208 g/mol. The Hall–Kier alpha value is -0.170. The second kappa shape index (κ2) is 3.20. The average molecular weight is 208 g/mol. The fraction of sp³-hybridized carbons (Fsp3) is 1.00. The molecule has 0 aliphatic carbocycles. The van der Waals surface area contributed by atoms with Crippen LogP contribution < -0.4 is 5.14 Å². The number of hydrogen-bond donors (Lipinski definition) is 2. The highest BCUT2D eigenvalue weighted by molar-refractivity contribution is 7.86. The minimum atomic E-state index is -3.66. The molecular formula is C7H16N2O3S. The third kappa shape index (κ3) is 2.40. The highest BCUT2D eigenvalue weighted by atomic mass is 32.2. The SMILES string of the molecule is CC1(C)CC(CO)N(S(N)(=O)=O)C1. The van der Waals surface area contributed by atoms with Crippen LogP contribution >= 0.6 is 0 Å². The number of nitrogens with zero attached hydrogens (tertiary/aromatic N) is 1. The summed E-state index contributed by atoms with van der Waals surface area (Å²) in [4.78, 5) is 0. The Morgan fingerprint density at radius 2 is 2.15 bits per heavy atom. The first-order valence-corrected chi connectivity index (χ1v) is 5.67. The number of aliphatic hydroxyl groups is 1. The van der Waals surface area contributed by atoms with Gasteiger partial charge in [0.05, 0.1) is 6.61 Å². The lowest BCUT2D eigenvalue weighted by molar-refractivity contribution is 0.212. The van der Waals surface area contributed by atoms with E-state index in [1.165, 1.54) is 4.31 Å². The van der Waals surface area contributed by atoms with Crippen molar-refractivity contribution >= 4 is 10.2 Å². The third-order valence-electron chi connectivity index (χ3n) is 2.32. The molecule has 0 saturated carbocycles. The third-order valence-corrected chi connectivity index (χ3v) is 3.40. The molecule has 1 fully saturated rings. The number of aliphatic hydroxyl groups excluding tert-OH is 1. The number of nitrogens with two attached hydrogens (primary N) is 1. The second-order valence-corrected chi connectivity index (χ2v) is 5.79. The van der Waals surface area contributed by atoms with E-state index >= 15 is 0 Å². The summed E-state index contributed by atoms with van der Waals surface area (Å²) in [7, 11) is -3.66. The second-order valence-electron chi connectivity index (χ2n) is 4.29. The molecule has 78 valence electrons. The van der Waals surface area contributed by atoms with Crippen LogP contribution in [0.5, 0.6) is 0 Å². The van der Waals surface area contributed by atoms with E-state index in [0.717, 1.165) is 0 Å². The van der Waals surface area contributed by atoms with Gasteiger partial charge in [0.1, 0.15) is 0 Å². The molecule has 0 bridgehead atoms. The zero-order valence-electron chi connectivity index (χ0n) is 7.90. The maximum Gasteiger partial charge on any atom is 0.277 e. The molecule has 1 rings (SSSR count). The van der Waals surface area contributed by atoms with Crippen molar-refractivity contribution < 1.29 is 13.5 Å². The van der Waals surface area contributed by atoms with E-state index < -0.39 is 10.2 Å². The van der Waals surface area contributed by atoms with Gasteiger partial charge in [0, 0.05) is 12.6 Å². The van der Waals surface area contributed by atoms with E-state index in [4.69, 9.17) is 10.2 Å². The molecule has 0 spiro atoms. The van der Waals surface area contributed by atoms with Crippen LogP contribution in [0.2, 0.25) is 0 Å². The van der Waals surface area contributed by atoms with Crippen molar-refractivity contribution in [3.05, 3.63) is 0 Å². The Balaban J connectivity index is 2.88. The van der Waals surface area contributed by atoms with Gasteiger partial charge in [-0.3, -0.25) is 0 Å². The molecule has 1 aliphatic heterocycles. The van der Waals surface area contributed by atoms with Crippen LogP contribution in [-0.2, 0) is 10.2 Å². The van der Waals surface area contributed by atoms with Gasteiger partial charge in [-0.2, -0.15) is 12.7 Å². The Kier molecular flexibility index (Phi) is 2.68. The normalized spacial score (nSPS) is 29.4. The molecular weight excluding hydrogens is 192 g/mol. The molecule has 1 unspecified atom stereocenters. The lowest BCUT2D eigenvalue weighted by atomic mass is 9.91. The van der Waals surface area contributed by atoms with Crippen LogP contribution in [0.1, 0.15) is 20.3 Å². The van der Waals surface area contributed by atoms with Gasteiger partial charge >= 0.3 is 0 Å². The van der Waals surface area contributed by atoms with Crippen molar-refractivity contribution in [2.45, 2.75) is 26.3 Å². The zero-order valence-corrected chi connectivity index (χ0v) is 8.71. The van der Waals surface area contributed by atoms with Crippen LogP contribution in [0.4, 0.5) is 0 Å². The fourth-order valence-electron chi connectivity index (χ4n) is 1.81. The molecule has 0 aromatic carbocycles. The molecule has 3 N–H and O–H groups in total. The lowest BCUT2D eigenvalue weighted by Crippen LogP contribution is -2.42. The first-order chi connectivity index (χ1) is 5.76. The van der Waals surface area contributed by atoms with Crippen molar-refractivity contribution in [1.82, 2.24) is 4.31 Å². The van der Waals surface area contributed by atoms with E-state index in [-0.39, 0.29) is 18.1 Å². The summed E-state index contributed by atoms with van der Waals surface area (Å²) in [5.74, 6) is 0. The van der Waals surface area contributed by atoms with Gasteiger partial charge in [-0.25, -0.2) is 5.14 Å². The van der Waals surface area contributed by atoms with E-state index in [9.17, 15) is 8.42 Å². The van der Waals surface area contributed by atoms with Crippen molar-refractivity contribution in [2.24, 2.45) is 10.6 Å². The molecule has 0 radical (unpaired) electrons. The van der Waals surface area contributed by atoms with Gasteiger partial charge in [0.25, 0.3) is 10.2 Å². The van der Waals surface area contributed by atoms with Gasteiger partial charge < -0.3 is 5.11 Å². The highest BCUT2D eigenvalue weighted by Crippen LogP contribution is 2.34.